The molecule has 0 spiro atoms. The summed E-state index contributed by atoms with van der Waals surface area (Å²) in [6.07, 6.45) is 0. The molecule has 1 N–H and O–H groups in total. The predicted molar refractivity (Wildman–Crippen MR) is 121 cm³/mol. The van der Waals surface area contributed by atoms with Crippen LogP contribution in [0, 0.1) is 11.6 Å². The number of halogens is 2. The van der Waals surface area contributed by atoms with Crippen LogP contribution in [0.2, 0.25) is 0 Å². The van der Waals surface area contributed by atoms with Gasteiger partial charge >= 0.3 is 0 Å². The van der Waals surface area contributed by atoms with E-state index in [0.29, 0.717) is 12.4 Å². The standard InChI is InChI=1S/C26H23F2N3O/c1-3-31-24(26(32)29-17(2)18-11-6-4-7-12-18)23(20-15-10-16-21(27)22(20)28)30-25(31)19-13-8-5-9-14-19/h4-17H,3H2,1-2H3,(H,29,32). The highest BCUT2D eigenvalue weighted by Gasteiger charge is 2.27. The molecule has 3 aromatic carbocycles. The molecular weight excluding hydrogens is 408 g/mol. The Morgan fingerprint density at radius 2 is 1.62 bits per heavy atom. The van der Waals surface area contributed by atoms with E-state index in [0.717, 1.165) is 17.2 Å². The van der Waals surface area contributed by atoms with Crippen LogP contribution in [0.15, 0.2) is 78.9 Å². The molecule has 162 valence electrons. The van der Waals surface area contributed by atoms with Gasteiger partial charge in [-0.05, 0) is 31.5 Å². The lowest BCUT2D eigenvalue weighted by Gasteiger charge is -2.16. The van der Waals surface area contributed by atoms with Crippen molar-refractivity contribution in [3.63, 3.8) is 0 Å². The first kappa shape index (κ1) is 21.4. The first-order chi connectivity index (χ1) is 15.5. The second-order valence-electron chi connectivity index (χ2n) is 7.45. The summed E-state index contributed by atoms with van der Waals surface area (Å²) >= 11 is 0. The molecule has 0 bridgehead atoms. The van der Waals surface area contributed by atoms with E-state index in [2.05, 4.69) is 10.3 Å². The molecule has 32 heavy (non-hydrogen) atoms. The summed E-state index contributed by atoms with van der Waals surface area (Å²) in [5, 5.41) is 2.98. The third-order valence-electron chi connectivity index (χ3n) is 5.38. The van der Waals surface area contributed by atoms with Gasteiger partial charge in [0.25, 0.3) is 5.91 Å². The molecule has 4 rings (SSSR count). The quantitative estimate of drug-likeness (QED) is 0.407. The molecule has 6 heteroatoms. The fourth-order valence-corrected chi connectivity index (χ4v) is 3.76. The number of carbonyl (C=O) groups is 1. The Kier molecular flexibility index (Phi) is 6.12. The third-order valence-corrected chi connectivity index (χ3v) is 5.38. The van der Waals surface area contributed by atoms with Crippen molar-refractivity contribution in [1.29, 1.82) is 0 Å². The van der Waals surface area contributed by atoms with Gasteiger partial charge in [-0.15, -0.1) is 0 Å². The average Bonchev–Trinajstić information content (AvgIpc) is 3.21. The zero-order chi connectivity index (χ0) is 22.7. The Morgan fingerprint density at radius 3 is 2.28 bits per heavy atom. The molecule has 0 saturated heterocycles. The van der Waals surface area contributed by atoms with Gasteiger partial charge in [0.15, 0.2) is 11.6 Å². The minimum Gasteiger partial charge on any atom is -0.344 e. The number of carbonyl (C=O) groups excluding carboxylic acids is 1. The topological polar surface area (TPSA) is 46.9 Å². The zero-order valence-corrected chi connectivity index (χ0v) is 17.8. The summed E-state index contributed by atoms with van der Waals surface area (Å²) in [7, 11) is 0. The van der Waals surface area contributed by atoms with Gasteiger partial charge in [0.2, 0.25) is 0 Å². The van der Waals surface area contributed by atoms with Crippen LogP contribution >= 0.6 is 0 Å². The lowest BCUT2D eigenvalue weighted by atomic mass is 10.1. The third kappa shape index (κ3) is 4.04. The van der Waals surface area contributed by atoms with E-state index in [1.807, 2.05) is 74.5 Å². The fraction of sp³-hybridized carbons (Fsp3) is 0.154. The van der Waals surface area contributed by atoms with Crippen LogP contribution in [-0.2, 0) is 6.54 Å². The van der Waals surface area contributed by atoms with Crippen LogP contribution in [0.25, 0.3) is 22.6 Å². The van der Waals surface area contributed by atoms with Gasteiger partial charge in [-0.25, -0.2) is 13.8 Å². The maximum Gasteiger partial charge on any atom is 0.270 e. The van der Waals surface area contributed by atoms with Crippen LogP contribution in [-0.4, -0.2) is 15.5 Å². The Bertz CT molecular complexity index is 1240. The van der Waals surface area contributed by atoms with E-state index in [1.54, 1.807) is 4.57 Å². The summed E-state index contributed by atoms with van der Waals surface area (Å²) in [6, 6.07) is 22.5. The number of amides is 1. The molecule has 4 nitrogen and oxygen atoms in total. The van der Waals surface area contributed by atoms with Crippen molar-refractivity contribution < 1.29 is 13.6 Å². The average molecular weight is 431 g/mol. The summed E-state index contributed by atoms with van der Waals surface area (Å²) in [4.78, 5) is 18.1. The van der Waals surface area contributed by atoms with Crippen molar-refractivity contribution >= 4 is 5.91 Å². The lowest BCUT2D eigenvalue weighted by molar-refractivity contribution is 0.0931. The molecule has 4 aromatic rings. The summed E-state index contributed by atoms with van der Waals surface area (Å²) in [5.41, 5.74) is 1.97. The largest absolute Gasteiger partial charge is 0.344 e. The fourth-order valence-electron chi connectivity index (χ4n) is 3.76. The van der Waals surface area contributed by atoms with Crippen LogP contribution in [0.5, 0.6) is 0 Å². The van der Waals surface area contributed by atoms with Crippen LogP contribution in [0.4, 0.5) is 8.78 Å². The van der Waals surface area contributed by atoms with Gasteiger partial charge < -0.3 is 9.88 Å². The molecule has 0 aliphatic rings. The number of hydrogen-bond acceptors (Lipinski definition) is 2. The lowest BCUT2D eigenvalue weighted by Crippen LogP contribution is -2.29. The Morgan fingerprint density at radius 1 is 0.969 bits per heavy atom. The highest BCUT2D eigenvalue weighted by Crippen LogP contribution is 2.32. The van der Waals surface area contributed by atoms with Crippen molar-refractivity contribution in [2.24, 2.45) is 0 Å². The second kappa shape index (κ2) is 9.14. The molecule has 0 aliphatic heterocycles. The van der Waals surface area contributed by atoms with E-state index in [1.165, 1.54) is 12.1 Å². The molecule has 1 heterocycles. The van der Waals surface area contributed by atoms with Crippen molar-refractivity contribution in [3.8, 4) is 22.6 Å². The Hall–Kier alpha value is -3.80. The van der Waals surface area contributed by atoms with Gasteiger partial charge in [-0.2, -0.15) is 0 Å². The number of rotatable bonds is 6. The SMILES string of the molecule is CCn1c(-c2ccccc2)nc(-c2cccc(F)c2F)c1C(=O)NC(C)c1ccccc1. The number of aromatic nitrogens is 2. The van der Waals surface area contributed by atoms with E-state index in [9.17, 15) is 13.6 Å². The van der Waals surface area contributed by atoms with Gasteiger partial charge in [-0.3, -0.25) is 4.79 Å². The smallest absolute Gasteiger partial charge is 0.270 e. The molecular formula is C26H23F2N3O. The summed E-state index contributed by atoms with van der Waals surface area (Å²) in [6.45, 7) is 4.19. The van der Waals surface area contributed by atoms with Crippen molar-refractivity contribution in [2.45, 2.75) is 26.4 Å². The van der Waals surface area contributed by atoms with Crippen LogP contribution in [0.3, 0.4) is 0 Å². The maximum atomic E-state index is 14.7. The molecule has 0 aliphatic carbocycles. The van der Waals surface area contributed by atoms with E-state index in [-0.39, 0.29) is 23.0 Å². The molecule has 0 saturated carbocycles. The first-order valence-corrected chi connectivity index (χ1v) is 10.5. The minimum atomic E-state index is -1.03. The first-order valence-electron chi connectivity index (χ1n) is 10.5. The Labute approximate surface area is 185 Å². The number of benzene rings is 3. The molecule has 1 atom stereocenters. The van der Waals surface area contributed by atoms with Gasteiger partial charge in [0.1, 0.15) is 17.2 Å². The molecule has 1 aromatic heterocycles. The highest BCUT2D eigenvalue weighted by atomic mass is 19.2. The summed E-state index contributed by atoms with van der Waals surface area (Å²) in [5.74, 6) is -1.90. The zero-order valence-electron chi connectivity index (χ0n) is 17.8. The number of nitrogens with zero attached hydrogens (tertiary/aromatic N) is 2. The van der Waals surface area contributed by atoms with Gasteiger partial charge in [-0.1, -0.05) is 66.7 Å². The van der Waals surface area contributed by atoms with Crippen molar-refractivity contribution in [3.05, 3.63) is 102 Å². The highest BCUT2D eigenvalue weighted by molar-refractivity contribution is 5.99. The monoisotopic (exact) mass is 431 g/mol. The van der Waals surface area contributed by atoms with Crippen molar-refractivity contribution in [2.75, 3.05) is 0 Å². The molecule has 1 amide bonds. The minimum absolute atomic E-state index is 0.0492. The van der Waals surface area contributed by atoms with E-state index < -0.39 is 17.5 Å². The van der Waals surface area contributed by atoms with Crippen molar-refractivity contribution in [1.82, 2.24) is 14.9 Å². The van der Waals surface area contributed by atoms with Crippen LogP contribution < -0.4 is 5.32 Å². The molecule has 1 unspecified atom stereocenters. The number of nitrogens with one attached hydrogen (secondary N) is 1. The van der Waals surface area contributed by atoms with Gasteiger partial charge in [0.05, 0.1) is 6.04 Å². The summed E-state index contributed by atoms with van der Waals surface area (Å²) < 4.78 is 30.5. The van der Waals surface area contributed by atoms with Crippen LogP contribution in [0.1, 0.15) is 35.9 Å². The second-order valence-corrected chi connectivity index (χ2v) is 7.45. The van der Waals surface area contributed by atoms with E-state index in [4.69, 9.17) is 0 Å². The van der Waals surface area contributed by atoms with Gasteiger partial charge in [0, 0.05) is 17.7 Å². The number of imidazole rings is 1. The predicted octanol–water partition coefficient (Wildman–Crippen LogP) is 6.01. The number of hydrogen-bond donors (Lipinski definition) is 1. The molecule has 0 fully saturated rings. The maximum absolute atomic E-state index is 14.7. The normalized spacial score (nSPS) is 11.9. The Balaban J connectivity index is 1.86. The molecule has 0 radical (unpaired) electrons. The van der Waals surface area contributed by atoms with E-state index >= 15 is 0 Å².